The van der Waals surface area contributed by atoms with E-state index >= 15 is 0 Å². The van der Waals surface area contributed by atoms with Crippen molar-refractivity contribution in [1.29, 1.82) is 0 Å². The summed E-state index contributed by atoms with van der Waals surface area (Å²) >= 11 is 3.40. The topological polar surface area (TPSA) is 247 Å². The lowest BCUT2D eigenvalue weighted by molar-refractivity contribution is -0.143. The first-order chi connectivity index (χ1) is 42.0. The number of ether oxygens (including phenoxy) is 1. The molecule has 2 heterocycles. The lowest BCUT2D eigenvalue weighted by Gasteiger charge is -2.18. The number of nitrogens with one attached hydrogen (secondary N) is 3. The summed E-state index contributed by atoms with van der Waals surface area (Å²) in [6, 6.07) is 35.5. The highest BCUT2D eigenvalue weighted by atomic mass is 79.9. The van der Waals surface area contributed by atoms with Gasteiger partial charge in [0.05, 0.1) is 71.9 Å². The molecule has 0 spiro atoms. The van der Waals surface area contributed by atoms with Crippen LogP contribution in [0.2, 0.25) is 0 Å². The molecule has 0 unspecified atom stereocenters. The molecular weight excluding hydrogens is 1300 g/mol. The van der Waals surface area contributed by atoms with Gasteiger partial charge in [-0.05, 0) is 180 Å². The summed E-state index contributed by atoms with van der Waals surface area (Å²) in [5, 5.41) is 23.7. The Balaban J connectivity index is 0.000000184. The molecule has 0 aliphatic carbocycles. The molecule has 0 aliphatic rings. The Hall–Kier alpha value is -9.25. The van der Waals surface area contributed by atoms with Gasteiger partial charge in [0.1, 0.15) is 23.0 Å². The Morgan fingerprint density at radius 2 is 0.956 bits per heavy atom. The molecular formula is C62H55BrF8N8O9S2. The summed E-state index contributed by atoms with van der Waals surface area (Å²) in [7, 11) is -5.60. The SMILES string of the molecule is COC(=O)c1ccc2cc(Br)ccc2c1.Cc1cc([C@@H](C)N)c(F)cc1NS(C)(=O)=O.Cc1cc([C@@H](C)NC(=O)c2ccc3cc(-n4nccc4C(F)(F)F)ccc3c2)c(F)cc1NS(C)(=O)=O.O=C(O)c1ccc2cc(-n3nccc3C(F)(F)F)ccc2c1. The third-order valence-electron chi connectivity index (χ3n) is 13.3. The van der Waals surface area contributed by atoms with Crippen molar-refractivity contribution in [2.75, 3.05) is 29.1 Å². The van der Waals surface area contributed by atoms with Crippen LogP contribution < -0.4 is 20.5 Å². The predicted octanol–water partition coefficient (Wildman–Crippen LogP) is 14.0. The molecule has 6 N–H and O–H groups in total. The molecule has 0 bridgehead atoms. The van der Waals surface area contributed by atoms with Crippen LogP contribution in [0.15, 0.2) is 162 Å². The van der Waals surface area contributed by atoms with E-state index in [0.717, 1.165) is 73.8 Å². The highest BCUT2D eigenvalue weighted by molar-refractivity contribution is 9.10. The highest BCUT2D eigenvalue weighted by Gasteiger charge is 2.36. The Labute approximate surface area is 518 Å². The fourth-order valence-corrected chi connectivity index (χ4v) is 10.6. The largest absolute Gasteiger partial charge is 0.478 e. The number of carbonyl (C=O) groups is 3. The van der Waals surface area contributed by atoms with Crippen molar-refractivity contribution in [3.8, 4) is 11.4 Å². The Kier molecular flexibility index (Phi) is 21.0. The number of sulfonamides is 2. The molecule has 10 aromatic rings. The molecule has 0 fully saturated rings. The molecule has 28 heteroatoms. The number of amides is 1. The number of benzene rings is 8. The van der Waals surface area contributed by atoms with E-state index < -0.39 is 79.4 Å². The number of aromatic carboxylic acids is 1. The molecule has 472 valence electrons. The summed E-state index contributed by atoms with van der Waals surface area (Å²) in [6.07, 6.45) is -4.93. The average Bonchev–Trinajstić information content (AvgIpc) is 1.71. The molecule has 17 nitrogen and oxygen atoms in total. The first kappa shape index (κ1) is 68.2. The number of hydrogen-bond donors (Lipinski definition) is 5. The number of methoxy groups -OCH3 is 1. The number of esters is 1. The third kappa shape index (κ3) is 17.5. The fraction of sp³-hybridized carbons (Fsp3) is 0.177. The van der Waals surface area contributed by atoms with Gasteiger partial charge >= 0.3 is 24.3 Å². The number of carbonyl (C=O) groups excluding carboxylic acids is 2. The first-order valence-electron chi connectivity index (χ1n) is 26.4. The number of rotatable bonds is 12. The van der Waals surface area contributed by atoms with Gasteiger partial charge in [-0.3, -0.25) is 14.2 Å². The maximum Gasteiger partial charge on any atom is 0.433 e. The molecule has 8 aromatic carbocycles. The van der Waals surface area contributed by atoms with Gasteiger partial charge < -0.3 is 20.9 Å². The maximum atomic E-state index is 14.7. The monoisotopic (exact) mass is 1350 g/mol. The Bertz CT molecular complexity index is 4600. The van der Waals surface area contributed by atoms with Crippen molar-refractivity contribution >= 4 is 97.5 Å². The quantitative estimate of drug-likeness (QED) is 0.0566. The minimum atomic E-state index is -4.56. The van der Waals surface area contributed by atoms with E-state index in [4.69, 9.17) is 10.8 Å². The van der Waals surface area contributed by atoms with Gasteiger partial charge in [0, 0.05) is 27.2 Å². The highest BCUT2D eigenvalue weighted by Crippen LogP contribution is 2.34. The van der Waals surface area contributed by atoms with E-state index in [2.05, 4.69) is 45.6 Å². The summed E-state index contributed by atoms with van der Waals surface area (Å²) in [4.78, 5) is 35.1. The van der Waals surface area contributed by atoms with Crippen LogP contribution >= 0.6 is 15.9 Å². The molecule has 1 amide bonds. The summed E-state index contributed by atoms with van der Waals surface area (Å²) in [5.74, 6) is -3.04. The number of carboxylic acids is 1. The number of nitrogens with two attached hydrogens (primary N) is 1. The lowest BCUT2D eigenvalue weighted by atomic mass is 10.0. The van der Waals surface area contributed by atoms with Gasteiger partial charge in [0.15, 0.2) is 0 Å². The van der Waals surface area contributed by atoms with Crippen molar-refractivity contribution < 1.29 is 76.2 Å². The van der Waals surface area contributed by atoms with Crippen LogP contribution in [0.5, 0.6) is 0 Å². The third-order valence-corrected chi connectivity index (χ3v) is 15.0. The van der Waals surface area contributed by atoms with Crippen molar-refractivity contribution in [1.82, 2.24) is 24.9 Å². The van der Waals surface area contributed by atoms with Crippen LogP contribution in [0, 0.1) is 25.5 Å². The summed E-state index contributed by atoms with van der Waals surface area (Å²) < 4.78 is 163. The zero-order valence-electron chi connectivity index (χ0n) is 48.5. The van der Waals surface area contributed by atoms with Crippen LogP contribution in [0.25, 0.3) is 43.7 Å². The van der Waals surface area contributed by atoms with E-state index in [9.17, 15) is 66.3 Å². The van der Waals surface area contributed by atoms with Crippen LogP contribution in [0.3, 0.4) is 0 Å². The number of carboxylic acid groups (broad SMARTS) is 1. The maximum absolute atomic E-state index is 14.7. The first-order valence-corrected chi connectivity index (χ1v) is 31.0. The van der Waals surface area contributed by atoms with Gasteiger partial charge in [0.25, 0.3) is 5.91 Å². The van der Waals surface area contributed by atoms with Gasteiger partial charge in [-0.25, -0.2) is 44.6 Å². The molecule has 2 atom stereocenters. The van der Waals surface area contributed by atoms with E-state index in [-0.39, 0.29) is 45.4 Å². The number of halogens is 9. The van der Waals surface area contributed by atoms with Crippen molar-refractivity contribution in [3.63, 3.8) is 0 Å². The summed E-state index contributed by atoms with van der Waals surface area (Å²) in [5.41, 5.74) is 7.27. The number of aromatic nitrogens is 4. The van der Waals surface area contributed by atoms with Crippen LogP contribution in [-0.4, -0.2) is 79.0 Å². The second-order valence-electron chi connectivity index (χ2n) is 20.4. The van der Waals surface area contributed by atoms with Gasteiger partial charge in [0.2, 0.25) is 20.0 Å². The van der Waals surface area contributed by atoms with Crippen molar-refractivity contribution in [2.24, 2.45) is 5.73 Å². The van der Waals surface area contributed by atoms with Gasteiger partial charge in [-0.2, -0.15) is 36.5 Å². The van der Waals surface area contributed by atoms with Crippen molar-refractivity contribution in [2.45, 2.75) is 52.1 Å². The van der Waals surface area contributed by atoms with E-state index in [1.54, 1.807) is 70.2 Å². The standard InChI is InChI=1S/C25H22F4N4O3S.C15H9F3N2O2.C12H9BrO2.C10H15FN2O2S/c1-14-10-20(21(26)13-22(14)32-37(3,35)36)15(2)31-24(34)18-5-4-17-12-19(7-6-16(17)11-18)33-23(8-9-30-33)25(27,28)29;16-15(17,18)13-5-6-19-20(13)12-4-3-9-7-11(14(21)22)2-1-10(9)8-12;1-15-12(14)10-3-2-9-7-11(13)5-4-8(9)6-10;1-6-4-8(7(2)12)9(11)5-10(6)13-16(3,14)15/h4-13,15,32H,1-3H3,(H,31,34);1-8H,(H,21,22);2-7H,1H3;4-5,7,13H,12H2,1-3H3/t15-;;;7-/m1..1/s1. The number of nitrogens with zero attached hydrogens (tertiary/aromatic N) is 4. The van der Waals surface area contributed by atoms with E-state index in [1.165, 1.54) is 55.6 Å². The Morgan fingerprint density at radius 3 is 1.40 bits per heavy atom. The minimum Gasteiger partial charge on any atom is -0.478 e. The smallest absolute Gasteiger partial charge is 0.433 e. The number of fused-ring (bicyclic) bond motifs is 3. The number of hydrogen-bond acceptors (Lipinski definition) is 11. The molecule has 0 saturated carbocycles. The average molecular weight is 1350 g/mol. The van der Waals surface area contributed by atoms with Gasteiger partial charge in [-0.15, -0.1) is 0 Å². The second kappa shape index (κ2) is 27.6. The van der Waals surface area contributed by atoms with E-state index in [1.807, 2.05) is 30.3 Å². The van der Waals surface area contributed by atoms with Gasteiger partial charge in [-0.1, -0.05) is 52.3 Å². The molecule has 2 aromatic heterocycles. The number of aryl methyl sites for hydroxylation is 2. The predicted molar refractivity (Wildman–Crippen MR) is 330 cm³/mol. The minimum absolute atomic E-state index is 0.105. The lowest BCUT2D eigenvalue weighted by Crippen LogP contribution is -2.27. The van der Waals surface area contributed by atoms with Crippen LogP contribution in [0.4, 0.5) is 46.5 Å². The second-order valence-corrected chi connectivity index (χ2v) is 24.8. The van der Waals surface area contributed by atoms with E-state index in [0.29, 0.717) is 43.8 Å². The van der Waals surface area contributed by atoms with Crippen molar-refractivity contribution in [3.05, 3.63) is 224 Å². The zero-order chi connectivity index (χ0) is 66.4. The van der Waals surface area contributed by atoms with Crippen LogP contribution in [-0.2, 0) is 37.1 Å². The molecule has 0 radical (unpaired) electrons. The number of alkyl halides is 6. The molecule has 0 saturated heterocycles. The Morgan fingerprint density at radius 1 is 0.567 bits per heavy atom. The molecule has 90 heavy (non-hydrogen) atoms. The number of anilines is 2. The zero-order valence-corrected chi connectivity index (χ0v) is 51.7. The normalized spacial score (nSPS) is 12.3. The molecule has 0 aliphatic heterocycles. The fourth-order valence-electron chi connectivity index (χ4n) is 8.98. The summed E-state index contributed by atoms with van der Waals surface area (Å²) in [6.45, 7) is 6.57. The van der Waals surface area contributed by atoms with Crippen LogP contribution in [0.1, 0.15) is 90.6 Å². The molecule has 10 rings (SSSR count).